The minimum atomic E-state index is -0.613. The fourth-order valence-corrected chi connectivity index (χ4v) is 4.39. The summed E-state index contributed by atoms with van der Waals surface area (Å²) in [4.78, 5) is 25.2. The van der Waals surface area contributed by atoms with Crippen molar-refractivity contribution < 1.29 is 9.59 Å². The first kappa shape index (κ1) is 17.3. The average molecular weight is 308 g/mol. The van der Waals surface area contributed by atoms with Gasteiger partial charge in [-0.1, -0.05) is 38.5 Å². The van der Waals surface area contributed by atoms with Crippen molar-refractivity contribution in [3.05, 3.63) is 0 Å². The van der Waals surface area contributed by atoms with Crippen LogP contribution in [0.1, 0.15) is 78.6 Å². The summed E-state index contributed by atoms with van der Waals surface area (Å²) in [6.45, 7) is 5.97. The van der Waals surface area contributed by atoms with Crippen molar-refractivity contribution in [2.24, 2.45) is 23.0 Å². The van der Waals surface area contributed by atoms with Gasteiger partial charge in [0.2, 0.25) is 11.8 Å². The van der Waals surface area contributed by atoms with E-state index in [0.29, 0.717) is 5.92 Å². The van der Waals surface area contributed by atoms with Crippen molar-refractivity contribution in [2.75, 3.05) is 0 Å². The number of hydrogen-bond donors (Lipinski definition) is 2. The second-order valence-corrected chi connectivity index (χ2v) is 8.41. The first-order valence-electron chi connectivity index (χ1n) is 8.86. The fraction of sp³-hybridized carbons (Fsp3) is 0.889. The second-order valence-electron chi connectivity index (χ2n) is 8.41. The topological polar surface area (TPSA) is 72.2 Å². The summed E-state index contributed by atoms with van der Waals surface area (Å²) < 4.78 is 0. The van der Waals surface area contributed by atoms with Crippen molar-refractivity contribution in [3.63, 3.8) is 0 Å². The summed E-state index contributed by atoms with van der Waals surface area (Å²) in [5, 5.41) is 3.10. The van der Waals surface area contributed by atoms with Crippen LogP contribution in [0.4, 0.5) is 0 Å². The lowest BCUT2D eigenvalue weighted by molar-refractivity contribution is -0.142. The number of nitrogens with two attached hydrogens (primary N) is 1. The van der Waals surface area contributed by atoms with E-state index in [9.17, 15) is 9.59 Å². The second kappa shape index (κ2) is 6.59. The van der Waals surface area contributed by atoms with Crippen LogP contribution in [0.5, 0.6) is 0 Å². The minimum Gasteiger partial charge on any atom is -0.369 e. The van der Waals surface area contributed by atoms with E-state index in [4.69, 9.17) is 5.73 Å². The zero-order valence-electron chi connectivity index (χ0n) is 14.4. The number of nitrogens with one attached hydrogen (secondary N) is 1. The smallest absolute Gasteiger partial charge is 0.224 e. The maximum absolute atomic E-state index is 12.9. The highest BCUT2D eigenvalue weighted by atomic mass is 16.2. The van der Waals surface area contributed by atoms with E-state index in [-0.39, 0.29) is 23.3 Å². The number of carbonyl (C=O) groups excluding carboxylic acids is 2. The summed E-state index contributed by atoms with van der Waals surface area (Å²) in [6, 6.07) is 0. The first-order chi connectivity index (χ1) is 10.2. The van der Waals surface area contributed by atoms with Gasteiger partial charge in [-0.15, -0.1) is 0 Å². The molecule has 0 spiro atoms. The van der Waals surface area contributed by atoms with Gasteiger partial charge in [0.1, 0.15) is 0 Å². The van der Waals surface area contributed by atoms with Crippen LogP contribution in [0.2, 0.25) is 0 Å². The molecular formula is C18H32N2O2. The van der Waals surface area contributed by atoms with Gasteiger partial charge in [0.05, 0.1) is 11.3 Å². The van der Waals surface area contributed by atoms with Crippen molar-refractivity contribution in [1.82, 2.24) is 5.32 Å². The normalized spacial score (nSPS) is 23.4. The summed E-state index contributed by atoms with van der Waals surface area (Å²) in [5.74, 6) is 0.0829. The molecule has 0 aromatic heterocycles. The minimum absolute atomic E-state index is 0.0279. The van der Waals surface area contributed by atoms with E-state index in [1.54, 1.807) is 0 Å². The molecule has 2 aliphatic rings. The quantitative estimate of drug-likeness (QED) is 0.819. The lowest BCUT2D eigenvalue weighted by Crippen LogP contribution is -2.52. The number of primary amides is 1. The highest BCUT2D eigenvalue weighted by Gasteiger charge is 2.50. The van der Waals surface area contributed by atoms with Crippen LogP contribution in [-0.4, -0.2) is 17.4 Å². The zero-order chi connectivity index (χ0) is 16.4. The Hall–Kier alpha value is -1.06. The van der Waals surface area contributed by atoms with Crippen LogP contribution < -0.4 is 11.1 Å². The molecule has 0 heterocycles. The molecule has 2 amide bonds. The Balaban J connectivity index is 2.23. The highest BCUT2D eigenvalue weighted by Crippen LogP contribution is 2.48. The van der Waals surface area contributed by atoms with E-state index in [1.165, 1.54) is 25.7 Å². The molecular weight excluding hydrogens is 276 g/mol. The van der Waals surface area contributed by atoms with Gasteiger partial charge in [0.15, 0.2) is 0 Å². The molecule has 126 valence electrons. The molecule has 3 N–H and O–H groups in total. The Morgan fingerprint density at radius 3 is 2.14 bits per heavy atom. The van der Waals surface area contributed by atoms with Crippen LogP contribution in [0.3, 0.4) is 0 Å². The van der Waals surface area contributed by atoms with Gasteiger partial charge in [-0.2, -0.15) is 0 Å². The van der Waals surface area contributed by atoms with E-state index >= 15 is 0 Å². The van der Waals surface area contributed by atoms with Gasteiger partial charge in [-0.25, -0.2) is 0 Å². The fourth-order valence-electron chi connectivity index (χ4n) is 4.39. The molecule has 2 saturated carbocycles. The van der Waals surface area contributed by atoms with Crippen molar-refractivity contribution in [3.8, 4) is 0 Å². The molecule has 2 aliphatic carbocycles. The maximum atomic E-state index is 12.9. The summed E-state index contributed by atoms with van der Waals surface area (Å²) in [5.41, 5.74) is 4.90. The van der Waals surface area contributed by atoms with E-state index in [0.717, 1.165) is 32.1 Å². The molecule has 4 nitrogen and oxygen atoms in total. The third-order valence-corrected chi connectivity index (χ3v) is 5.51. The van der Waals surface area contributed by atoms with Crippen LogP contribution in [0, 0.1) is 17.3 Å². The van der Waals surface area contributed by atoms with Gasteiger partial charge < -0.3 is 11.1 Å². The molecule has 22 heavy (non-hydrogen) atoms. The van der Waals surface area contributed by atoms with Gasteiger partial charge in [-0.3, -0.25) is 9.59 Å². The van der Waals surface area contributed by atoms with Gasteiger partial charge >= 0.3 is 0 Å². The Kier molecular flexibility index (Phi) is 5.18. The molecule has 4 heteroatoms. The zero-order valence-corrected chi connectivity index (χ0v) is 14.4. The molecule has 2 rings (SSSR count). The number of carbonyl (C=O) groups is 2. The highest BCUT2D eigenvalue weighted by molar-refractivity contribution is 5.90. The van der Waals surface area contributed by atoms with Gasteiger partial charge in [0.25, 0.3) is 0 Å². The molecule has 0 aromatic carbocycles. The largest absolute Gasteiger partial charge is 0.369 e. The van der Waals surface area contributed by atoms with Crippen LogP contribution >= 0.6 is 0 Å². The van der Waals surface area contributed by atoms with Crippen LogP contribution in [0.25, 0.3) is 0 Å². The molecule has 2 fully saturated rings. The predicted molar refractivity (Wildman–Crippen MR) is 88.1 cm³/mol. The standard InChI is InChI=1S/C18H32N2O2/c1-17(2,3)20-15(21)14(12-13-8-4-5-9-13)18(16(19)22)10-6-7-11-18/h13-14H,4-12H2,1-3H3,(H2,19,22)(H,20,21)/t14-/m0/s1. The Bertz CT molecular complexity index is 413. The van der Waals surface area contributed by atoms with E-state index in [1.807, 2.05) is 20.8 Å². The number of rotatable bonds is 5. The van der Waals surface area contributed by atoms with Crippen LogP contribution in [-0.2, 0) is 9.59 Å². The lowest BCUT2D eigenvalue weighted by atomic mass is 9.68. The van der Waals surface area contributed by atoms with Crippen molar-refractivity contribution in [1.29, 1.82) is 0 Å². The van der Waals surface area contributed by atoms with E-state index < -0.39 is 5.41 Å². The predicted octanol–water partition coefficient (Wildman–Crippen LogP) is 3.14. The SMILES string of the molecule is CC(C)(C)NC(=O)[C@H](CC1CCCC1)C1(C(N)=O)CCCC1. The average Bonchev–Trinajstić information content (AvgIpc) is 3.05. The molecule has 0 saturated heterocycles. The molecule has 0 aliphatic heterocycles. The summed E-state index contributed by atoms with van der Waals surface area (Å²) in [6.07, 6.45) is 9.27. The molecule has 0 radical (unpaired) electrons. The summed E-state index contributed by atoms with van der Waals surface area (Å²) >= 11 is 0. The van der Waals surface area contributed by atoms with Crippen molar-refractivity contribution >= 4 is 11.8 Å². The molecule has 1 atom stereocenters. The number of hydrogen-bond acceptors (Lipinski definition) is 2. The lowest BCUT2D eigenvalue weighted by Gasteiger charge is -2.37. The van der Waals surface area contributed by atoms with E-state index in [2.05, 4.69) is 5.32 Å². The third kappa shape index (κ3) is 3.82. The van der Waals surface area contributed by atoms with Crippen LogP contribution in [0.15, 0.2) is 0 Å². The Morgan fingerprint density at radius 1 is 1.14 bits per heavy atom. The Morgan fingerprint density at radius 2 is 1.68 bits per heavy atom. The summed E-state index contributed by atoms with van der Waals surface area (Å²) in [7, 11) is 0. The maximum Gasteiger partial charge on any atom is 0.224 e. The Labute approximate surface area is 134 Å². The molecule has 0 bridgehead atoms. The first-order valence-corrected chi connectivity index (χ1v) is 8.86. The molecule has 0 aromatic rings. The molecule has 0 unspecified atom stereocenters. The number of amides is 2. The van der Waals surface area contributed by atoms with Crippen molar-refractivity contribution in [2.45, 2.75) is 84.1 Å². The van der Waals surface area contributed by atoms with Gasteiger partial charge in [-0.05, 0) is 46.0 Å². The third-order valence-electron chi connectivity index (χ3n) is 5.51. The monoisotopic (exact) mass is 308 g/mol. The van der Waals surface area contributed by atoms with Gasteiger partial charge in [0, 0.05) is 5.54 Å².